The van der Waals surface area contributed by atoms with E-state index < -0.39 is 5.54 Å². The average Bonchev–Trinajstić information content (AvgIpc) is 2.41. The van der Waals surface area contributed by atoms with E-state index in [-0.39, 0.29) is 40.6 Å². The van der Waals surface area contributed by atoms with Crippen molar-refractivity contribution in [3.8, 4) is 0 Å². The SMILES string of the molecule is CC(C)N1CCCC2(C1)NC(=O)NC2=O.[HH].[HH].[In]. The van der Waals surface area contributed by atoms with Gasteiger partial charge in [-0.25, -0.2) is 4.79 Å². The molecule has 1 unspecified atom stereocenters. The quantitative estimate of drug-likeness (QED) is 0.675. The van der Waals surface area contributed by atoms with Crippen molar-refractivity contribution < 1.29 is 12.4 Å². The van der Waals surface area contributed by atoms with Crippen LogP contribution in [0.5, 0.6) is 0 Å². The fourth-order valence-electron chi connectivity index (χ4n) is 2.34. The molecule has 2 N–H and O–H groups in total. The Labute approximate surface area is 117 Å². The molecular weight excluding hydrogens is 309 g/mol. The normalized spacial score (nSPS) is 30.2. The van der Waals surface area contributed by atoms with Gasteiger partial charge in [-0.15, -0.1) is 0 Å². The second-order valence-corrected chi connectivity index (χ2v) is 4.66. The Morgan fingerprint density at radius 2 is 2.12 bits per heavy atom. The third kappa shape index (κ3) is 2.37. The van der Waals surface area contributed by atoms with E-state index in [0.717, 1.165) is 19.4 Å². The van der Waals surface area contributed by atoms with Gasteiger partial charge in [0.2, 0.25) is 0 Å². The van der Waals surface area contributed by atoms with E-state index in [4.69, 9.17) is 0 Å². The number of nitrogens with one attached hydrogen (secondary N) is 2. The van der Waals surface area contributed by atoms with E-state index in [1.165, 1.54) is 0 Å². The Balaban J connectivity index is 0. The minimum atomic E-state index is -0.667. The standard InChI is InChI=1S/C10H17N3O2.In.2H2/c1-7(2)13-5-3-4-10(6-13)8(14)11-9(15)12-10;;;/h7H,3-6H2,1-2H3,(H2,11,12,14,15);;2*1H. The maximum atomic E-state index is 11.7. The number of piperidine rings is 1. The number of amides is 3. The van der Waals surface area contributed by atoms with Crippen molar-refractivity contribution in [2.45, 2.75) is 38.3 Å². The molecule has 2 rings (SSSR count). The van der Waals surface area contributed by atoms with Gasteiger partial charge in [-0.2, -0.15) is 0 Å². The minimum absolute atomic E-state index is 0. The number of rotatable bonds is 1. The fourth-order valence-corrected chi connectivity index (χ4v) is 2.34. The summed E-state index contributed by atoms with van der Waals surface area (Å²) in [6, 6.07) is 0.0538. The van der Waals surface area contributed by atoms with Crippen LogP contribution in [-0.4, -0.2) is 67.4 Å². The molecule has 16 heavy (non-hydrogen) atoms. The summed E-state index contributed by atoms with van der Waals surface area (Å²) in [4.78, 5) is 25.1. The number of urea groups is 1. The van der Waals surface area contributed by atoms with Crippen LogP contribution < -0.4 is 10.6 Å². The van der Waals surface area contributed by atoms with Crippen molar-refractivity contribution in [2.24, 2.45) is 0 Å². The Morgan fingerprint density at radius 1 is 1.44 bits per heavy atom. The molecule has 3 radical (unpaired) electrons. The molecule has 3 amide bonds. The summed E-state index contributed by atoms with van der Waals surface area (Å²) in [5, 5.41) is 5.08. The molecule has 6 heteroatoms. The van der Waals surface area contributed by atoms with E-state index in [1.54, 1.807) is 0 Å². The Hall–Kier alpha value is -0.230. The van der Waals surface area contributed by atoms with Crippen LogP contribution in [0.1, 0.15) is 29.5 Å². The summed E-state index contributed by atoms with van der Waals surface area (Å²) < 4.78 is 0. The summed E-state index contributed by atoms with van der Waals surface area (Å²) >= 11 is 0. The third-order valence-corrected chi connectivity index (χ3v) is 3.27. The summed E-state index contributed by atoms with van der Waals surface area (Å²) in [5.41, 5.74) is -0.667. The average molecular weight is 330 g/mol. The van der Waals surface area contributed by atoms with E-state index in [1.807, 2.05) is 0 Å². The molecule has 2 heterocycles. The Morgan fingerprint density at radius 3 is 2.62 bits per heavy atom. The molecular formula is C10H21InN3O2. The molecule has 91 valence electrons. The van der Waals surface area contributed by atoms with Crippen LogP contribution in [0.15, 0.2) is 0 Å². The molecule has 0 aromatic heterocycles. The molecule has 0 aromatic carbocycles. The van der Waals surface area contributed by atoms with Crippen LogP contribution in [-0.2, 0) is 4.79 Å². The zero-order valence-corrected chi connectivity index (χ0v) is 13.0. The van der Waals surface area contributed by atoms with E-state index in [0.29, 0.717) is 12.6 Å². The molecule has 0 saturated carbocycles. The molecule has 2 fully saturated rings. The van der Waals surface area contributed by atoms with Crippen LogP contribution in [0.2, 0.25) is 0 Å². The smallest absolute Gasteiger partial charge is 0.322 e. The molecule has 2 aliphatic heterocycles. The first kappa shape index (κ1) is 13.8. The van der Waals surface area contributed by atoms with Gasteiger partial charge in [0.05, 0.1) is 0 Å². The van der Waals surface area contributed by atoms with Gasteiger partial charge >= 0.3 is 6.03 Å². The van der Waals surface area contributed by atoms with Crippen molar-refractivity contribution in [1.82, 2.24) is 15.5 Å². The number of carbonyl (C=O) groups excluding carboxylic acids is 2. The van der Waals surface area contributed by atoms with E-state index in [9.17, 15) is 9.59 Å². The predicted molar refractivity (Wildman–Crippen MR) is 65.3 cm³/mol. The van der Waals surface area contributed by atoms with Gasteiger partial charge in [0, 0.05) is 41.3 Å². The molecule has 0 aromatic rings. The second-order valence-electron chi connectivity index (χ2n) is 4.66. The van der Waals surface area contributed by atoms with Crippen molar-refractivity contribution in [1.29, 1.82) is 0 Å². The van der Waals surface area contributed by atoms with Gasteiger partial charge in [-0.3, -0.25) is 15.0 Å². The monoisotopic (exact) mass is 330 g/mol. The first-order chi connectivity index (χ1) is 7.03. The number of likely N-dealkylation sites (tertiary alicyclic amines) is 1. The van der Waals surface area contributed by atoms with Gasteiger partial charge in [0.25, 0.3) is 5.91 Å². The predicted octanol–water partition coefficient (Wildman–Crippen LogP) is 0.180. The topological polar surface area (TPSA) is 61.4 Å². The largest absolute Gasteiger partial charge is 0.322 e. The van der Waals surface area contributed by atoms with Crippen molar-refractivity contribution in [3.63, 3.8) is 0 Å². The fraction of sp³-hybridized carbons (Fsp3) is 0.800. The summed E-state index contributed by atoms with van der Waals surface area (Å²) in [6.45, 7) is 5.84. The van der Waals surface area contributed by atoms with Crippen LogP contribution in [0.3, 0.4) is 0 Å². The van der Waals surface area contributed by atoms with Crippen LogP contribution in [0.4, 0.5) is 4.79 Å². The van der Waals surface area contributed by atoms with Crippen molar-refractivity contribution in [3.05, 3.63) is 0 Å². The van der Waals surface area contributed by atoms with Crippen molar-refractivity contribution >= 4 is 37.8 Å². The van der Waals surface area contributed by atoms with E-state index >= 15 is 0 Å². The molecule has 1 spiro atoms. The Kier molecular flexibility index (Phi) is 4.29. The summed E-state index contributed by atoms with van der Waals surface area (Å²) in [5.74, 6) is -0.169. The summed E-state index contributed by atoms with van der Waals surface area (Å²) in [7, 11) is 0. The van der Waals surface area contributed by atoms with Crippen LogP contribution in [0, 0.1) is 0 Å². The number of hydrogen-bond donors (Lipinski definition) is 2. The van der Waals surface area contributed by atoms with Crippen LogP contribution in [0.25, 0.3) is 0 Å². The zero-order chi connectivity index (χ0) is 11.1. The zero-order valence-electron chi connectivity index (χ0n) is 9.75. The van der Waals surface area contributed by atoms with Crippen LogP contribution >= 0.6 is 0 Å². The van der Waals surface area contributed by atoms with Gasteiger partial charge in [-0.1, -0.05) is 0 Å². The number of imide groups is 1. The van der Waals surface area contributed by atoms with Gasteiger partial charge < -0.3 is 5.32 Å². The van der Waals surface area contributed by atoms with Gasteiger partial charge in [-0.05, 0) is 33.2 Å². The van der Waals surface area contributed by atoms with E-state index in [2.05, 4.69) is 29.4 Å². The second kappa shape index (κ2) is 4.96. The molecule has 2 aliphatic rings. The third-order valence-electron chi connectivity index (χ3n) is 3.27. The molecule has 2 saturated heterocycles. The molecule has 0 aliphatic carbocycles. The molecule has 5 nitrogen and oxygen atoms in total. The van der Waals surface area contributed by atoms with Gasteiger partial charge in [0.1, 0.15) is 5.54 Å². The summed E-state index contributed by atoms with van der Waals surface area (Å²) in [6.07, 6.45) is 1.69. The Bertz CT molecular complexity index is 317. The molecule has 0 bridgehead atoms. The first-order valence-corrected chi connectivity index (χ1v) is 5.41. The maximum Gasteiger partial charge on any atom is 0.322 e. The maximum absolute atomic E-state index is 11.7. The number of hydrogen-bond acceptors (Lipinski definition) is 3. The number of carbonyl (C=O) groups is 2. The molecule has 1 atom stereocenters. The number of nitrogens with zero attached hydrogens (tertiary/aromatic N) is 1. The minimum Gasteiger partial charge on any atom is -0.322 e. The van der Waals surface area contributed by atoms with Gasteiger partial charge in [0.15, 0.2) is 0 Å². The first-order valence-electron chi connectivity index (χ1n) is 5.41. The van der Waals surface area contributed by atoms with Crippen molar-refractivity contribution in [2.75, 3.05) is 13.1 Å².